The molecule has 6 N–H and O–H groups in total. The van der Waals surface area contributed by atoms with Gasteiger partial charge in [-0.1, -0.05) is 115 Å². The standard InChI is InChI=1S/C31H33N3O3.C31H33N3O2.C30H32N4O2/c32-28-9-8-23(21-4-2-1-3-5-21)16-24(28)19-29(35)25-17-26-20-30(36)34(11-10-33-12-14-37-15-13-33)31(26)27(18-25)22-6-7-22;1-2-6-26-22-34(14-13-33-15-17-36-18-16-33)30-12-10-25(20-28(26)30)31(35)21-27-19-24(9-11-29(27)32)23-7-4-3-5-8-23;31-27-9-8-23(21-4-2-1-3-5-21)16-24(27)19-29(35)26-17-25-18-28(22-6-7-22)34(30(25)32-20-26)11-10-33-12-14-36-15-13-33/h1-5,8-9,16-18,22H,6-7,10-15,19-20,32H2;2-5,7-12,19-20,22H,1,6,13-18,21,32H2;1-5,8-9,16-18,20,22H,6-7,10-15,19,31H2. The number of anilines is 4. The lowest BCUT2D eigenvalue weighted by molar-refractivity contribution is -0.117. The second-order valence-corrected chi connectivity index (χ2v) is 29.8. The Hall–Kier alpha value is -10.6. The van der Waals surface area contributed by atoms with Crippen molar-refractivity contribution in [2.75, 3.05) is 127 Å². The van der Waals surface area contributed by atoms with E-state index < -0.39 is 0 Å². The second-order valence-electron chi connectivity index (χ2n) is 29.8. The van der Waals surface area contributed by atoms with Crippen molar-refractivity contribution >= 4 is 67.9 Å². The van der Waals surface area contributed by atoms with E-state index >= 15 is 0 Å². The van der Waals surface area contributed by atoms with Crippen LogP contribution in [0.2, 0.25) is 0 Å². The lowest BCUT2D eigenvalue weighted by atomic mass is 9.93. The molecule has 0 atom stereocenters. The Morgan fingerprint density at radius 3 is 1.44 bits per heavy atom. The number of ether oxygens (including phenoxy) is 3. The number of carbonyl (C=O) groups is 4. The van der Waals surface area contributed by atoms with Crippen LogP contribution in [0.25, 0.3) is 55.3 Å². The number of fused-ring (bicyclic) bond motifs is 3. The topological polar surface area (TPSA) is 210 Å². The van der Waals surface area contributed by atoms with Gasteiger partial charge in [-0.25, -0.2) is 4.98 Å². The van der Waals surface area contributed by atoms with Crippen LogP contribution in [0.3, 0.4) is 0 Å². The number of carbonyl (C=O) groups excluding carboxylic acids is 4. The largest absolute Gasteiger partial charge is 0.398 e. The normalized spacial score (nSPS) is 16.1. The number of ketones is 3. The number of morpholine rings is 3. The first-order valence-corrected chi connectivity index (χ1v) is 38.8. The molecule has 2 aliphatic carbocycles. The van der Waals surface area contributed by atoms with E-state index in [1.165, 1.54) is 29.7 Å². The first-order valence-electron chi connectivity index (χ1n) is 38.8. The molecular formula is C92H98N10O7. The fraction of sp³-hybridized carbons (Fsp3) is 0.315. The van der Waals surface area contributed by atoms with Crippen molar-refractivity contribution < 1.29 is 33.4 Å². The van der Waals surface area contributed by atoms with Crippen molar-refractivity contribution in [3.63, 3.8) is 0 Å². The molecule has 17 heteroatoms. The van der Waals surface area contributed by atoms with Gasteiger partial charge in [-0.3, -0.25) is 33.9 Å². The van der Waals surface area contributed by atoms with Crippen LogP contribution < -0.4 is 22.1 Å². The van der Waals surface area contributed by atoms with Crippen LogP contribution in [0.15, 0.2) is 213 Å². The third-order valence-corrected chi connectivity index (χ3v) is 22.3. The van der Waals surface area contributed by atoms with Gasteiger partial charge in [0.15, 0.2) is 17.3 Å². The number of hydrogen-bond donors (Lipinski definition) is 3. The first kappa shape index (κ1) is 73.9. The zero-order chi connectivity index (χ0) is 74.7. The maximum Gasteiger partial charge on any atom is 0.231 e. The van der Waals surface area contributed by atoms with Gasteiger partial charge in [0.05, 0.1) is 51.7 Å². The Kier molecular flexibility index (Phi) is 23.2. The van der Waals surface area contributed by atoms with Gasteiger partial charge < -0.3 is 45.4 Å². The van der Waals surface area contributed by atoms with Crippen LogP contribution in [-0.2, 0) is 64.2 Å². The van der Waals surface area contributed by atoms with Gasteiger partial charge >= 0.3 is 0 Å². The van der Waals surface area contributed by atoms with Crippen LogP contribution in [0.5, 0.6) is 0 Å². The minimum atomic E-state index is 0.0374. The maximum absolute atomic E-state index is 13.5. The van der Waals surface area contributed by atoms with E-state index in [1.807, 2.05) is 144 Å². The predicted molar refractivity (Wildman–Crippen MR) is 437 cm³/mol. The molecule has 17 rings (SSSR count). The molecule has 5 fully saturated rings. The minimum Gasteiger partial charge on any atom is -0.398 e. The number of nitrogens with zero attached hydrogens (tertiary/aromatic N) is 7. The molecule has 4 aliphatic heterocycles. The molecule has 8 aromatic carbocycles. The zero-order valence-electron chi connectivity index (χ0n) is 62.3. The van der Waals surface area contributed by atoms with E-state index in [-0.39, 0.29) is 42.5 Å². The van der Waals surface area contributed by atoms with Crippen LogP contribution in [0.1, 0.15) is 108 Å². The van der Waals surface area contributed by atoms with Gasteiger partial charge in [-0.15, -0.1) is 6.58 Å². The van der Waals surface area contributed by atoms with Crippen molar-refractivity contribution in [2.45, 2.75) is 82.7 Å². The molecule has 6 aliphatic rings. The molecule has 11 aromatic rings. The molecule has 17 nitrogen and oxygen atoms in total. The average Bonchev–Trinajstić information content (AvgIpc) is 1.64. The van der Waals surface area contributed by atoms with Crippen molar-refractivity contribution in [3.05, 3.63) is 269 Å². The Balaban J connectivity index is 0.000000130. The maximum atomic E-state index is 13.5. The number of allylic oxidation sites excluding steroid dienone is 1. The fourth-order valence-corrected chi connectivity index (χ4v) is 15.7. The highest BCUT2D eigenvalue weighted by Gasteiger charge is 2.37. The summed E-state index contributed by atoms with van der Waals surface area (Å²) in [6, 6.07) is 62.5. The second kappa shape index (κ2) is 34.3. The van der Waals surface area contributed by atoms with Crippen molar-refractivity contribution in [1.82, 2.24) is 28.8 Å². The summed E-state index contributed by atoms with van der Waals surface area (Å²) in [6.07, 6.45) is 12.5. The Morgan fingerprint density at radius 2 is 0.945 bits per heavy atom. The number of benzene rings is 8. The van der Waals surface area contributed by atoms with Gasteiger partial charge in [0.1, 0.15) is 5.65 Å². The Morgan fingerprint density at radius 1 is 0.468 bits per heavy atom. The summed E-state index contributed by atoms with van der Waals surface area (Å²) in [4.78, 5) is 67.3. The molecule has 7 heterocycles. The van der Waals surface area contributed by atoms with Crippen LogP contribution in [0.4, 0.5) is 22.7 Å². The monoisotopic (exact) mass is 1450 g/mol. The highest BCUT2D eigenvalue weighted by Crippen LogP contribution is 2.48. The number of aromatic nitrogens is 3. The number of amides is 1. The quantitative estimate of drug-likeness (QED) is 0.0276. The molecule has 558 valence electrons. The summed E-state index contributed by atoms with van der Waals surface area (Å²) in [5, 5.41) is 2.17. The van der Waals surface area contributed by atoms with Crippen molar-refractivity contribution in [1.29, 1.82) is 0 Å². The SMILES string of the molecule is C=CCc1cn(CCN2CCOCC2)c2ccc(C(=O)Cc3cc(-c4ccccc4)ccc3N)cc12.Nc1ccc(-c2ccccc2)cc1CC(=O)c1cc2c(c(C3CC3)c1)N(CCN1CCOCC1)C(=O)C2.Nc1ccc(-c2ccccc2)cc1CC(=O)c1cnc2c(c1)cc(C1CC1)n2CCN1CCOCC1. The summed E-state index contributed by atoms with van der Waals surface area (Å²) >= 11 is 0. The molecule has 3 saturated heterocycles. The van der Waals surface area contributed by atoms with Gasteiger partial charge in [0, 0.05) is 166 Å². The molecule has 0 bridgehead atoms. The van der Waals surface area contributed by atoms with E-state index in [0.717, 1.165) is 214 Å². The highest BCUT2D eigenvalue weighted by atomic mass is 16.5. The molecule has 0 spiro atoms. The van der Waals surface area contributed by atoms with Crippen molar-refractivity contribution in [2.24, 2.45) is 0 Å². The molecule has 0 unspecified atom stereocenters. The van der Waals surface area contributed by atoms with Crippen LogP contribution in [-0.4, -0.2) is 157 Å². The average molecular weight is 1460 g/mol. The lowest BCUT2D eigenvalue weighted by Crippen LogP contribution is -2.42. The molecule has 0 radical (unpaired) electrons. The summed E-state index contributed by atoms with van der Waals surface area (Å²) in [6.45, 7) is 19.7. The summed E-state index contributed by atoms with van der Waals surface area (Å²) < 4.78 is 21.1. The van der Waals surface area contributed by atoms with E-state index in [2.05, 4.69) is 91.2 Å². The number of hydrogen-bond acceptors (Lipinski definition) is 14. The minimum absolute atomic E-state index is 0.0374. The van der Waals surface area contributed by atoms with E-state index in [0.29, 0.717) is 58.6 Å². The van der Waals surface area contributed by atoms with Crippen molar-refractivity contribution in [3.8, 4) is 33.4 Å². The third kappa shape index (κ3) is 17.9. The summed E-state index contributed by atoms with van der Waals surface area (Å²) in [7, 11) is 0. The molecule has 3 aromatic heterocycles. The van der Waals surface area contributed by atoms with E-state index in [4.69, 9.17) is 36.4 Å². The molecule has 2 saturated carbocycles. The number of Topliss-reactive ketones (excluding diaryl/α,β-unsaturated/α-hetero) is 3. The third-order valence-electron chi connectivity index (χ3n) is 22.3. The van der Waals surface area contributed by atoms with E-state index in [9.17, 15) is 19.2 Å². The summed E-state index contributed by atoms with van der Waals surface area (Å²) in [5.41, 5.74) is 39.7. The smallest absolute Gasteiger partial charge is 0.231 e. The van der Waals surface area contributed by atoms with Gasteiger partial charge in [0.25, 0.3) is 0 Å². The summed E-state index contributed by atoms with van der Waals surface area (Å²) in [5.74, 6) is 1.33. The zero-order valence-corrected chi connectivity index (χ0v) is 62.3. The first-order chi connectivity index (χ1) is 53.3. The number of nitrogens with two attached hydrogens (primary N) is 3. The highest BCUT2D eigenvalue weighted by molar-refractivity contribution is 6.06. The molecule has 1 amide bonds. The predicted octanol–water partition coefficient (Wildman–Crippen LogP) is 14.8. The number of rotatable bonds is 25. The Labute approximate surface area is 638 Å². The number of nitrogen functional groups attached to an aromatic ring is 3. The van der Waals surface area contributed by atoms with Gasteiger partial charge in [0.2, 0.25) is 5.91 Å². The Bertz CT molecular complexity index is 5090. The van der Waals surface area contributed by atoms with Crippen LogP contribution in [0, 0.1) is 0 Å². The van der Waals surface area contributed by atoms with Gasteiger partial charge in [-0.2, -0.15) is 0 Å². The molecule has 109 heavy (non-hydrogen) atoms. The molecular weight excluding hydrogens is 1360 g/mol. The lowest BCUT2D eigenvalue weighted by Gasteiger charge is -2.29. The van der Waals surface area contributed by atoms with Crippen LogP contribution >= 0.6 is 0 Å². The fourth-order valence-electron chi connectivity index (χ4n) is 15.7. The van der Waals surface area contributed by atoms with Gasteiger partial charge in [-0.05, 0) is 190 Å². The number of pyridine rings is 1. The van der Waals surface area contributed by atoms with E-state index in [1.54, 1.807) is 6.20 Å².